The first-order chi connectivity index (χ1) is 11.4. The Hall–Kier alpha value is -1.39. The van der Waals surface area contributed by atoms with Gasteiger partial charge in [-0.3, -0.25) is 9.69 Å². The van der Waals surface area contributed by atoms with Gasteiger partial charge in [0.15, 0.2) is 0 Å². The van der Waals surface area contributed by atoms with Gasteiger partial charge in [-0.1, -0.05) is 12.1 Å². The summed E-state index contributed by atoms with van der Waals surface area (Å²) in [7, 11) is 0. The number of amides is 1. The third-order valence-electron chi connectivity index (χ3n) is 6.30. The maximum atomic E-state index is 12.9. The minimum absolute atomic E-state index is 0.0556. The molecule has 3 saturated heterocycles. The van der Waals surface area contributed by atoms with Crippen LogP contribution in [-0.2, 0) is 0 Å². The molecule has 1 N–H and O–H groups in total. The van der Waals surface area contributed by atoms with E-state index in [1.807, 2.05) is 0 Å². The van der Waals surface area contributed by atoms with E-state index < -0.39 is 0 Å². The minimum Gasteiger partial charge on any atom is -0.346 e. The maximum Gasteiger partial charge on any atom is 0.261 e. The first kappa shape index (κ1) is 16.1. The molecule has 5 rings (SSSR count). The first-order valence-corrected chi connectivity index (χ1v) is 9.75. The monoisotopic (exact) mass is 342 g/mol. The van der Waals surface area contributed by atoms with Gasteiger partial charge >= 0.3 is 0 Å². The number of fused-ring (bicyclic) bond motifs is 4. The lowest BCUT2D eigenvalue weighted by molar-refractivity contribution is -0.0377. The van der Waals surface area contributed by atoms with Crippen LogP contribution in [0.15, 0.2) is 18.2 Å². The van der Waals surface area contributed by atoms with Gasteiger partial charge in [0.1, 0.15) is 0 Å². The number of hydrogen-bond acceptors (Lipinski definition) is 3. The highest BCUT2D eigenvalue weighted by atomic mass is 32.1. The molecule has 4 heterocycles. The Morgan fingerprint density at radius 1 is 1.25 bits per heavy atom. The van der Waals surface area contributed by atoms with Crippen LogP contribution in [0.1, 0.15) is 47.5 Å². The van der Waals surface area contributed by atoms with Crippen molar-refractivity contribution in [3.8, 4) is 0 Å². The van der Waals surface area contributed by atoms with Crippen LogP contribution in [0, 0.1) is 19.8 Å². The van der Waals surface area contributed by atoms with Crippen molar-refractivity contribution in [3.63, 3.8) is 0 Å². The second kappa shape index (κ2) is 5.57. The number of nitrogens with zero attached hydrogens (tertiary/aromatic N) is 1. The summed E-state index contributed by atoms with van der Waals surface area (Å²) in [4.78, 5) is 16.3. The number of thiophene rings is 1. The average Bonchev–Trinajstić information content (AvgIpc) is 3.00. The lowest BCUT2D eigenvalue weighted by atomic mass is 9.72. The number of aryl methyl sites for hydroxylation is 2. The minimum atomic E-state index is 0.0556. The lowest BCUT2D eigenvalue weighted by Gasteiger charge is -2.56. The fourth-order valence-corrected chi connectivity index (χ4v) is 5.66. The Bertz CT molecular complexity index is 799. The molecule has 0 radical (unpaired) electrons. The van der Waals surface area contributed by atoms with Gasteiger partial charge in [0.2, 0.25) is 0 Å². The topological polar surface area (TPSA) is 32.3 Å². The summed E-state index contributed by atoms with van der Waals surface area (Å²) in [5.74, 6) is 0.715. The zero-order valence-electron chi connectivity index (χ0n) is 15.0. The lowest BCUT2D eigenvalue weighted by Crippen LogP contribution is -2.69. The molecule has 2 bridgehead atoms. The van der Waals surface area contributed by atoms with E-state index in [4.69, 9.17) is 0 Å². The number of benzene rings is 1. The molecule has 3 fully saturated rings. The molecule has 0 unspecified atom stereocenters. The number of rotatable bonds is 2. The standard InChI is InChI=1S/C20H26N2OS/c1-12-5-6-15-11-16(24-17(15)13(12)2)19(23)21-18-14-7-9-22(10-8-14)20(18,3)4/h5-6,11,14,18H,7-10H2,1-4H3,(H,21,23)/t18-/m1/s1. The molecular weight excluding hydrogens is 316 g/mol. The van der Waals surface area contributed by atoms with E-state index in [1.54, 1.807) is 11.3 Å². The van der Waals surface area contributed by atoms with Crippen molar-refractivity contribution >= 4 is 27.3 Å². The summed E-state index contributed by atoms with van der Waals surface area (Å²) < 4.78 is 1.24. The van der Waals surface area contributed by atoms with Gasteiger partial charge in [-0.15, -0.1) is 11.3 Å². The van der Waals surface area contributed by atoms with Crippen molar-refractivity contribution in [1.29, 1.82) is 0 Å². The van der Waals surface area contributed by atoms with Crippen molar-refractivity contribution in [2.45, 2.75) is 52.1 Å². The second-order valence-corrected chi connectivity index (χ2v) is 9.02. The molecular formula is C20H26N2OS. The van der Waals surface area contributed by atoms with Gasteiger partial charge < -0.3 is 5.32 Å². The predicted octanol–water partition coefficient (Wildman–Crippen LogP) is 4.12. The zero-order valence-corrected chi connectivity index (χ0v) is 15.8. The number of carbonyl (C=O) groups is 1. The molecule has 1 aromatic heterocycles. The van der Waals surface area contributed by atoms with Crippen LogP contribution in [0.3, 0.4) is 0 Å². The Kier molecular flexibility index (Phi) is 3.73. The van der Waals surface area contributed by atoms with Gasteiger partial charge in [-0.25, -0.2) is 0 Å². The molecule has 24 heavy (non-hydrogen) atoms. The molecule has 0 saturated carbocycles. The smallest absolute Gasteiger partial charge is 0.261 e. The largest absolute Gasteiger partial charge is 0.346 e. The molecule has 0 aliphatic carbocycles. The summed E-state index contributed by atoms with van der Waals surface area (Å²) >= 11 is 1.63. The Morgan fingerprint density at radius 2 is 1.96 bits per heavy atom. The van der Waals surface area contributed by atoms with E-state index in [1.165, 1.54) is 47.1 Å². The molecule has 3 aliphatic heterocycles. The van der Waals surface area contributed by atoms with Gasteiger partial charge in [0.05, 0.1) is 4.88 Å². The van der Waals surface area contributed by atoms with E-state index in [9.17, 15) is 4.79 Å². The van der Waals surface area contributed by atoms with Crippen LogP contribution in [-0.4, -0.2) is 35.5 Å². The van der Waals surface area contributed by atoms with Crippen LogP contribution >= 0.6 is 11.3 Å². The van der Waals surface area contributed by atoms with Gasteiger partial charge in [0, 0.05) is 16.3 Å². The van der Waals surface area contributed by atoms with E-state index >= 15 is 0 Å². The van der Waals surface area contributed by atoms with Gasteiger partial charge in [0.25, 0.3) is 5.91 Å². The number of nitrogens with one attached hydrogen (secondary N) is 1. The summed E-state index contributed by atoms with van der Waals surface area (Å²) in [6.45, 7) is 11.2. The molecule has 128 valence electrons. The van der Waals surface area contributed by atoms with Crippen molar-refractivity contribution in [1.82, 2.24) is 10.2 Å². The van der Waals surface area contributed by atoms with E-state index in [-0.39, 0.29) is 17.5 Å². The number of carbonyl (C=O) groups excluding carboxylic acids is 1. The third kappa shape index (κ3) is 2.39. The number of piperidine rings is 3. The molecule has 0 spiro atoms. The SMILES string of the molecule is Cc1ccc2cc(C(=O)N[C@@H]3C4CCN(CC4)C3(C)C)sc2c1C. The average molecular weight is 343 g/mol. The molecule has 2 aromatic rings. The van der Waals surface area contributed by atoms with Crippen LogP contribution < -0.4 is 5.32 Å². The van der Waals surface area contributed by atoms with Crippen LogP contribution in [0.25, 0.3) is 10.1 Å². The maximum absolute atomic E-state index is 12.9. The Labute approximate surface area is 148 Å². The fourth-order valence-electron chi connectivity index (χ4n) is 4.54. The quantitative estimate of drug-likeness (QED) is 0.890. The van der Waals surface area contributed by atoms with Gasteiger partial charge in [-0.05, 0) is 82.1 Å². The van der Waals surface area contributed by atoms with E-state index in [2.05, 4.69) is 56.1 Å². The van der Waals surface area contributed by atoms with Crippen molar-refractivity contribution in [2.75, 3.05) is 13.1 Å². The highest BCUT2D eigenvalue weighted by Crippen LogP contribution is 2.39. The van der Waals surface area contributed by atoms with E-state index in [0.717, 1.165) is 4.88 Å². The Morgan fingerprint density at radius 3 is 2.62 bits per heavy atom. The molecule has 1 amide bonds. The second-order valence-electron chi connectivity index (χ2n) is 7.97. The van der Waals surface area contributed by atoms with Crippen molar-refractivity contribution in [3.05, 3.63) is 34.2 Å². The first-order valence-electron chi connectivity index (χ1n) is 8.93. The Balaban J connectivity index is 1.61. The highest BCUT2D eigenvalue weighted by molar-refractivity contribution is 7.21. The summed E-state index contributed by atoms with van der Waals surface area (Å²) in [6, 6.07) is 6.57. The van der Waals surface area contributed by atoms with Crippen molar-refractivity contribution < 1.29 is 4.79 Å². The summed E-state index contributed by atoms with van der Waals surface area (Å²) in [5, 5.41) is 4.56. The molecule has 4 heteroatoms. The zero-order chi connectivity index (χ0) is 17.1. The van der Waals surface area contributed by atoms with Crippen LogP contribution in [0.5, 0.6) is 0 Å². The third-order valence-corrected chi connectivity index (χ3v) is 7.57. The fraction of sp³-hybridized carbons (Fsp3) is 0.550. The van der Waals surface area contributed by atoms with Gasteiger partial charge in [-0.2, -0.15) is 0 Å². The molecule has 1 atom stereocenters. The molecule has 1 aromatic carbocycles. The van der Waals surface area contributed by atoms with E-state index in [0.29, 0.717) is 5.92 Å². The number of hydrogen-bond donors (Lipinski definition) is 1. The predicted molar refractivity (Wildman–Crippen MR) is 101 cm³/mol. The highest BCUT2D eigenvalue weighted by Gasteiger charge is 2.48. The van der Waals surface area contributed by atoms with Crippen LogP contribution in [0.2, 0.25) is 0 Å². The normalized spacial score (nSPS) is 28.2. The van der Waals surface area contributed by atoms with Crippen LogP contribution in [0.4, 0.5) is 0 Å². The molecule has 3 nitrogen and oxygen atoms in total. The summed E-state index contributed by atoms with van der Waals surface area (Å²) in [6.07, 6.45) is 2.41. The molecule has 3 aliphatic rings. The summed E-state index contributed by atoms with van der Waals surface area (Å²) in [5.41, 5.74) is 2.63. The van der Waals surface area contributed by atoms with Crippen molar-refractivity contribution in [2.24, 2.45) is 5.92 Å².